The number of nitrogens with one attached hydrogen (secondary N) is 2. The SMILES string of the molecule is CCNC(=NCCCOCC1CCOC1)N(C)Cc1ncc(-c2ccccc2)[nH]1. The molecule has 1 saturated heterocycles. The minimum absolute atomic E-state index is 0.566. The number of imidazole rings is 1. The van der Waals surface area contributed by atoms with Crippen LogP contribution < -0.4 is 5.32 Å². The fourth-order valence-electron chi connectivity index (χ4n) is 3.29. The quantitative estimate of drug-likeness (QED) is 0.365. The van der Waals surface area contributed by atoms with Gasteiger partial charge in [-0.15, -0.1) is 0 Å². The summed E-state index contributed by atoms with van der Waals surface area (Å²) < 4.78 is 11.1. The first-order valence-electron chi connectivity index (χ1n) is 10.5. The van der Waals surface area contributed by atoms with E-state index in [1.54, 1.807) is 0 Å². The molecule has 0 amide bonds. The minimum atomic E-state index is 0.566. The number of guanidine groups is 1. The van der Waals surface area contributed by atoms with Crippen LogP contribution in [0.25, 0.3) is 11.3 Å². The van der Waals surface area contributed by atoms with Gasteiger partial charge in [0, 0.05) is 39.3 Å². The van der Waals surface area contributed by atoms with Gasteiger partial charge in [0.15, 0.2) is 5.96 Å². The monoisotopic (exact) mass is 399 g/mol. The predicted octanol–water partition coefficient (Wildman–Crippen LogP) is 2.92. The molecule has 29 heavy (non-hydrogen) atoms. The highest BCUT2D eigenvalue weighted by molar-refractivity contribution is 5.79. The van der Waals surface area contributed by atoms with E-state index in [9.17, 15) is 0 Å². The molecule has 3 rings (SSSR count). The molecule has 1 aromatic heterocycles. The number of H-pyrrole nitrogens is 1. The Balaban J connectivity index is 1.45. The highest BCUT2D eigenvalue weighted by Crippen LogP contribution is 2.16. The van der Waals surface area contributed by atoms with Crippen molar-refractivity contribution < 1.29 is 9.47 Å². The third kappa shape index (κ3) is 6.87. The Morgan fingerprint density at radius 3 is 3.00 bits per heavy atom. The van der Waals surface area contributed by atoms with E-state index in [1.165, 1.54) is 0 Å². The number of hydrogen-bond donors (Lipinski definition) is 2. The number of hydrogen-bond acceptors (Lipinski definition) is 4. The van der Waals surface area contributed by atoms with Gasteiger partial charge in [-0.25, -0.2) is 4.98 Å². The number of ether oxygens (including phenoxy) is 2. The van der Waals surface area contributed by atoms with Gasteiger partial charge >= 0.3 is 0 Å². The average molecular weight is 400 g/mol. The Hall–Kier alpha value is -2.38. The fraction of sp³-hybridized carbons (Fsp3) is 0.545. The Morgan fingerprint density at radius 1 is 1.38 bits per heavy atom. The molecule has 0 aliphatic carbocycles. The van der Waals surface area contributed by atoms with Crippen LogP contribution in [0.3, 0.4) is 0 Å². The summed E-state index contributed by atoms with van der Waals surface area (Å²) in [6.07, 6.45) is 3.91. The van der Waals surface area contributed by atoms with Gasteiger partial charge in [-0.3, -0.25) is 4.99 Å². The molecule has 1 aliphatic rings. The van der Waals surface area contributed by atoms with Gasteiger partial charge in [-0.2, -0.15) is 0 Å². The maximum absolute atomic E-state index is 5.76. The van der Waals surface area contributed by atoms with Gasteiger partial charge in [-0.05, 0) is 25.3 Å². The smallest absolute Gasteiger partial charge is 0.194 e. The molecule has 158 valence electrons. The second-order valence-corrected chi connectivity index (χ2v) is 7.36. The van der Waals surface area contributed by atoms with E-state index in [1.807, 2.05) is 31.4 Å². The summed E-state index contributed by atoms with van der Waals surface area (Å²) in [5.41, 5.74) is 2.17. The molecule has 0 spiro atoms. The minimum Gasteiger partial charge on any atom is -0.381 e. The normalized spacial score (nSPS) is 16.9. The first-order valence-corrected chi connectivity index (χ1v) is 10.5. The maximum Gasteiger partial charge on any atom is 0.194 e. The topological polar surface area (TPSA) is 74.8 Å². The van der Waals surface area contributed by atoms with E-state index in [-0.39, 0.29) is 0 Å². The van der Waals surface area contributed by atoms with Crippen molar-refractivity contribution in [2.45, 2.75) is 26.3 Å². The molecule has 0 saturated carbocycles. The van der Waals surface area contributed by atoms with Gasteiger partial charge in [0.05, 0.1) is 31.6 Å². The van der Waals surface area contributed by atoms with Crippen LogP contribution in [0, 0.1) is 5.92 Å². The molecule has 0 bridgehead atoms. The summed E-state index contributed by atoms with van der Waals surface area (Å²) in [6.45, 7) is 7.56. The van der Waals surface area contributed by atoms with Crippen molar-refractivity contribution in [3.63, 3.8) is 0 Å². The Bertz CT molecular complexity index is 741. The Labute approximate surface area is 173 Å². The van der Waals surface area contributed by atoms with Crippen LogP contribution >= 0.6 is 0 Å². The fourth-order valence-corrected chi connectivity index (χ4v) is 3.29. The van der Waals surface area contributed by atoms with Gasteiger partial charge in [0.2, 0.25) is 0 Å². The van der Waals surface area contributed by atoms with Crippen molar-refractivity contribution in [2.24, 2.45) is 10.9 Å². The zero-order valence-corrected chi connectivity index (χ0v) is 17.6. The lowest BCUT2D eigenvalue weighted by Gasteiger charge is -2.21. The third-order valence-electron chi connectivity index (χ3n) is 4.88. The summed E-state index contributed by atoms with van der Waals surface area (Å²) >= 11 is 0. The largest absolute Gasteiger partial charge is 0.381 e. The van der Waals surface area contributed by atoms with Gasteiger partial charge in [0.1, 0.15) is 5.82 Å². The molecule has 1 unspecified atom stereocenters. The number of rotatable bonds is 10. The molecule has 7 heteroatoms. The zero-order valence-electron chi connectivity index (χ0n) is 17.6. The van der Waals surface area contributed by atoms with Crippen molar-refractivity contribution >= 4 is 5.96 Å². The van der Waals surface area contributed by atoms with Crippen LogP contribution in [0.1, 0.15) is 25.6 Å². The van der Waals surface area contributed by atoms with E-state index < -0.39 is 0 Å². The van der Waals surface area contributed by atoms with E-state index in [0.717, 1.165) is 75.4 Å². The Kier molecular flexibility index (Phi) is 8.52. The number of benzene rings is 1. The first kappa shape index (κ1) is 21.3. The van der Waals surface area contributed by atoms with E-state index in [4.69, 9.17) is 14.5 Å². The molecule has 1 aliphatic heterocycles. The molecule has 7 nitrogen and oxygen atoms in total. The van der Waals surface area contributed by atoms with Crippen molar-refractivity contribution in [3.05, 3.63) is 42.4 Å². The van der Waals surface area contributed by atoms with E-state index in [0.29, 0.717) is 12.5 Å². The van der Waals surface area contributed by atoms with Crippen LogP contribution in [-0.2, 0) is 16.0 Å². The molecule has 2 heterocycles. The molecule has 1 fully saturated rings. The summed E-state index contributed by atoms with van der Waals surface area (Å²) in [5, 5.41) is 3.35. The number of aromatic amines is 1. The highest BCUT2D eigenvalue weighted by Gasteiger charge is 2.15. The molecule has 2 aromatic rings. The van der Waals surface area contributed by atoms with Crippen LogP contribution in [0.4, 0.5) is 0 Å². The van der Waals surface area contributed by atoms with Crippen LogP contribution in [-0.4, -0.2) is 67.4 Å². The van der Waals surface area contributed by atoms with Gasteiger partial charge < -0.3 is 24.7 Å². The van der Waals surface area contributed by atoms with E-state index in [2.05, 4.69) is 39.2 Å². The van der Waals surface area contributed by atoms with Crippen LogP contribution in [0.5, 0.6) is 0 Å². The number of nitrogens with zero attached hydrogens (tertiary/aromatic N) is 3. The second kappa shape index (κ2) is 11.6. The second-order valence-electron chi connectivity index (χ2n) is 7.36. The molecule has 2 N–H and O–H groups in total. The van der Waals surface area contributed by atoms with Crippen LogP contribution in [0.2, 0.25) is 0 Å². The first-order chi connectivity index (χ1) is 14.3. The van der Waals surface area contributed by atoms with E-state index >= 15 is 0 Å². The number of aromatic nitrogens is 2. The van der Waals surface area contributed by atoms with Crippen molar-refractivity contribution in [3.8, 4) is 11.3 Å². The molecule has 1 atom stereocenters. The summed E-state index contributed by atoms with van der Waals surface area (Å²) in [6, 6.07) is 10.2. The lowest BCUT2D eigenvalue weighted by atomic mass is 10.1. The zero-order chi connectivity index (χ0) is 20.3. The maximum atomic E-state index is 5.76. The molecular weight excluding hydrogens is 366 g/mol. The summed E-state index contributed by atoms with van der Waals surface area (Å²) in [4.78, 5) is 14.7. The third-order valence-corrected chi connectivity index (χ3v) is 4.88. The Morgan fingerprint density at radius 2 is 2.24 bits per heavy atom. The molecule has 0 radical (unpaired) electrons. The average Bonchev–Trinajstić information content (AvgIpc) is 3.42. The summed E-state index contributed by atoms with van der Waals surface area (Å²) in [7, 11) is 2.03. The van der Waals surface area contributed by atoms with Crippen molar-refractivity contribution in [1.29, 1.82) is 0 Å². The van der Waals surface area contributed by atoms with Crippen molar-refractivity contribution in [2.75, 3.05) is 46.6 Å². The standard InChI is InChI=1S/C22H33N5O2/c1-3-23-22(24-11-7-12-28-16-18-10-13-29-17-18)27(2)15-21-25-14-20(26-21)19-8-5-4-6-9-19/h4-6,8-9,14,18H,3,7,10-13,15-17H2,1-2H3,(H,23,24)(H,25,26). The highest BCUT2D eigenvalue weighted by atomic mass is 16.5. The van der Waals surface area contributed by atoms with Crippen molar-refractivity contribution in [1.82, 2.24) is 20.2 Å². The van der Waals surface area contributed by atoms with Gasteiger partial charge in [0.25, 0.3) is 0 Å². The lowest BCUT2D eigenvalue weighted by molar-refractivity contribution is 0.0893. The van der Waals surface area contributed by atoms with Crippen LogP contribution in [0.15, 0.2) is 41.5 Å². The lowest BCUT2D eigenvalue weighted by Crippen LogP contribution is -2.38. The number of aliphatic imine (C=N–C) groups is 1. The molecule has 1 aromatic carbocycles. The van der Waals surface area contributed by atoms with Gasteiger partial charge in [-0.1, -0.05) is 30.3 Å². The predicted molar refractivity (Wildman–Crippen MR) is 116 cm³/mol. The summed E-state index contributed by atoms with van der Waals surface area (Å²) in [5.74, 6) is 2.37. The molecular formula is C22H33N5O2.